The maximum Gasteiger partial charge on any atom is 0.271 e. The predicted octanol–water partition coefficient (Wildman–Crippen LogP) is 2.75. The third-order valence-corrected chi connectivity index (χ3v) is 4.03. The molecule has 0 fully saturated rings. The lowest BCUT2D eigenvalue weighted by Gasteiger charge is -2.14. The molecule has 0 unspecified atom stereocenters. The average Bonchev–Trinajstić information content (AvgIpc) is 3.13. The molecular formula is C19H13FN2O4. The molecule has 1 N–H and O–H groups in total. The van der Waals surface area contributed by atoms with E-state index in [0.717, 1.165) is 16.7 Å². The number of rotatable bonds is 4. The standard InChI is InChI=1S/C19H13FN2O4/c1-11-15(9-21)18(24)22(10-14-3-2-8-26-14)19(25)16(11)17(23)12-4-6-13(20)7-5-12/h2-8,25H,10H2,1H3. The minimum absolute atomic E-state index is 0.0695. The Morgan fingerprint density at radius 1 is 1.31 bits per heavy atom. The van der Waals surface area contributed by atoms with E-state index in [-0.39, 0.29) is 28.8 Å². The number of aromatic hydroxyl groups is 1. The molecule has 0 aliphatic heterocycles. The van der Waals surface area contributed by atoms with Gasteiger partial charge in [-0.2, -0.15) is 5.26 Å². The highest BCUT2D eigenvalue weighted by atomic mass is 19.1. The van der Waals surface area contributed by atoms with Crippen LogP contribution in [0.25, 0.3) is 0 Å². The highest BCUT2D eigenvalue weighted by molar-refractivity contribution is 6.11. The molecule has 6 nitrogen and oxygen atoms in total. The molecule has 130 valence electrons. The van der Waals surface area contributed by atoms with Gasteiger partial charge in [-0.25, -0.2) is 4.39 Å². The van der Waals surface area contributed by atoms with Gasteiger partial charge < -0.3 is 9.52 Å². The number of furan rings is 1. The fraction of sp³-hybridized carbons (Fsp3) is 0.105. The fourth-order valence-electron chi connectivity index (χ4n) is 2.67. The average molecular weight is 352 g/mol. The smallest absolute Gasteiger partial charge is 0.271 e. The first kappa shape index (κ1) is 17.2. The number of ketones is 1. The van der Waals surface area contributed by atoms with Gasteiger partial charge in [0.15, 0.2) is 5.78 Å². The number of carbonyl (C=O) groups excluding carboxylic acids is 1. The number of hydrogen-bond acceptors (Lipinski definition) is 5. The first-order valence-corrected chi connectivity index (χ1v) is 7.63. The van der Waals surface area contributed by atoms with Gasteiger partial charge in [-0.05, 0) is 48.9 Å². The van der Waals surface area contributed by atoms with Crippen LogP contribution in [-0.2, 0) is 6.54 Å². The molecule has 0 aliphatic rings. The SMILES string of the molecule is Cc1c(C(=O)c2ccc(F)cc2)c(O)n(Cc2ccco2)c(=O)c1C#N. The summed E-state index contributed by atoms with van der Waals surface area (Å²) in [6, 6.07) is 9.75. The van der Waals surface area contributed by atoms with Crippen LogP contribution in [0.15, 0.2) is 51.9 Å². The van der Waals surface area contributed by atoms with E-state index in [1.54, 1.807) is 18.2 Å². The Labute approximate surface area is 147 Å². The van der Waals surface area contributed by atoms with Crippen LogP contribution >= 0.6 is 0 Å². The Hall–Kier alpha value is -3.66. The molecule has 0 aliphatic carbocycles. The van der Waals surface area contributed by atoms with Gasteiger partial charge in [0.1, 0.15) is 23.2 Å². The lowest BCUT2D eigenvalue weighted by atomic mass is 9.97. The summed E-state index contributed by atoms with van der Waals surface area (Å²) in [4.78, 5) is 25.3. The zero-order valence-corrected chi connectivity index (χ0v) is 13.7. The molecule has 0 saturated heterocycles. The van der Waals surface area contributed by atoms with Crippen molar-refractivity contribution in [2.75, 3.05) is 0 Å². The van der Waals surface area contributed by atoms with Crippen molar-refractivity contribution in [3.63, 3.8) is 0 Å². The molecule has 2 heterocycles. The van der Waals surface area contributed by atoms with Crippen LogP contribution in [0.2, 0.25) is 0 Å². The summed E-state index contributed by atoms with van der Waals surface area (Å²) >= 11 is 0. The van der Waals surface area contributed by atoms with E-state index >= 15 is 0 Å². The van der Waals surface area contributed by atoms with Crippen molar-refractivity contribution >= 4 is 5.78 Å². The molecule has 7 heteroatoms. The highest BCUT2D eigenvalue weighted by Crippen LogP contribution is 2.25. The van der Waals surface area contributed by atoms with Crippen molar-refractivity contribution in [1.29, 1.82) is 5.26 Å². The van der Waals surface area contributed by atoms with E-state index in [9.17, 15) is 24.3 Å². The van der Waals surface area contributed by atoms with E-state index in [1.165, 1.54) is 25.3 Å². The van der Waals surface area contributed by atoms with Crippen molar-refractivity contribution in [2.24, 2.45) is 0 Å². The molecule has 0 atom stereocenters. The van der Waals surface area contributed by atoms with Crippen LogP contribution in [0.3, 0.4) is 0 Å². The molecular weight excluding hydrogens is 339 g/mol. The minimum Gasteiger partial charge on any atom is -0.494 e. The zero-order chi connectivity index (χ0) is 18.8. The Morgan fingerprint density at radius 2 is 2.00 bits per heavy atom. The topological polar surface area (TPSA) is 96.2 Å². The largest absolute Gasteiger partial charge is 0.494 e. The third-order valence-electron chi connectivity index (χ3n) is 4.03. The number of hydrogen-bond donors (Lipinski definition) is 1. The quantitative estimate of drug-likeness (QED) is 0.728. The van der Waals surface area contributed by atoms with Gasteiger partial charge in [0, 0.05) is 5.56 Å². The van der Waals surface area contributed by atoms with Gasteiger partial charge in [0.2, 0.25) is 5.88 Å². The summed E-state index contributed by atoms with van der Waals surface area (Å²) < 4.78 is 19.2. The maximum atomic E-state index is 13.1. The van der Waals surface area contributed by atoms with Gasteiger partial charge >= 0.3 is 0 Å². The number of benzene rings is 1. The van der Waals surface area contributed by atoms with E-state index in [1.807, 2.05) is 0 Å². The summed E-state index contributed by atoms with van der Waals surface area (Å²) in [6.07, 6.45) is 1.40. The summed E-state index contributed by atoms with van der Waals surface area (Å²) in [6.45, 7) is 1.27. The fourth-order valence-corrected chi connectivity index (χ4v) is 2.67. The molecule has 0 spiro atoms. The predicted molar refractivity (Wildman–Crippen MR) is 89.5 cm³/mol. The summed E-state index contributed by atoms with van der Waals surface area (Å²) in [5.41, 5.74) is -0.967. The van der Waals surface area contributed by atoms with Gasteiger partial charge in [-0.3, -0.25) is 14.2 Å². The molecule has 26 heavy (non-hydrogen) atoms. The Bertz CT molecular complexity index is 1070. The van der Waals surface area contributed by atoms with Crippen molar-refractivity contribution in [3.8, 4) is 11.9 Å². The molecule has 0 bridgehead atoms. The zero-order valence-electron chi connectivity index (χ0n) is 13.7. The van der Waals surface area contributed by atoms with Gasteiger partial charge in [0.25, 0.3) is 5.56 Å². The second-order valence-electron chi connectivity index (χ2n) is 5.62. The van der Waals surface area contributed by atoms with E-state index in [4.69, 9.17) is 4.42 Å². The van der Waals surface area contributed by atoms with E-state index < -0.39 is 23.0 Å². The highest BCUT2D eigenvalue weighted by Gasteiger charge is 2.25. The minimum atomic E-state index is -0.727. The van der Waals surface area contributed by atoms with Gasteiger partial charge in [-0.15, -0.1) is 0 Å². The van der Waals surface area contributed by atoms with Crippen LogP contribution in [0.1, 0.15) is 32.8 Å². The summed E-state index contributed by atoms with van der Waals surface area (Å²) in [7, 11) is 0. The van der Waals surface area contributed by atoms with Crippen LogP contribution in [0, 0.1) is 24.1 Å². The van der Waals surface area contributed by atoms with Crippen LogP contribution < -0.4 is 5.56 Å². The second kappa shape index (κ2) is 6.69. The number of nitriles is 1. The monoisotopic (exact) mass is 352 g/mol. The first-order chi connectivity index (χ1) is 12.4. The van der Waals surface area contributed by atoms with Crippen LogP contribution in [0.4, 0.5) is 4.39 Å². The lowest BCUT2D eigenvalue weighted by molar-refractivity contribution is 0.103. The number of carbonyl (C=O) groups is 1. The first-order valence-electron chi connectivity index (χ1n) is 7.63. The van der Waals surface area contributed by atoms with Gasteiger partial charge in [0.05, 0.1) is 18.4 Å². The summed E-state index contributed by atoms with van der Waals surface area (Å²) in [5.74, 6) is -1.33. The Morgan fingerprint density at radius 3 is 2.58 bits per heavy atom. The molecule has 0 amide bonds. The van der Waals surface area contributed by atoms with Crippen molar-refractivity contribution in [3.05, 3.63) is 86.8 Å². The van der Waals surface area contributed by atoms with E-state index in [2.05, 4.69) is 0 Å². The van der Waals surface area contributed by atoms with Crippen molar-refractivity contribution < 1.29 is 18.7 Å². The molecule has 3 aromatic rings. The number of pyridine rings is 1. The molecule has 1 aromatic carbocycles. The second-order valence-corrected chi connectivity index (χ2v) is 5.62. The summed E-state index contributed by atoms with van der Waals surface area (Å²) in [5, 5.41) is 19.9. The van der Waals surface area contributed by atoms with E-state index in [0.29, 0.717) is 5.76 Å². The van der Waals surface area contributed by atoms with Crippen LogP contribution in [0.5, 0.6) is 5.88 Å². The van der Waals surface area contributed by atoms with Crippen LogP contribution in [-0.4, -0.2) is 15.5 Å². The number of nitrogens with zero attached hydrogens (tertiary/aromatic N) is 2. The Kier molecular flexibility index (Phi) is 4.42. The molecule has 0 saturated carbocycles. The molecule has 0 radical (unpaired) electrons. The van der Waals surface area contributed by atoms with Crippen molar-refractivity contribution in [1.82, 2.24) is 4.57 Å². The molecule has 3 rings (SSSR count). The lowest BCUT2D eigenvalue weighted by Crippen LogP contribution is -2.27. The Balaban J connectivity index is 2.21. The van der Waals surface area contributed by atoms with Gasteiger partial charge in [-0.1, -0.05) is 0 Å². The maximum absolute atomic E-state index is 13.1. The normalized spacial score (nSPS) is 10.5. The number of halogens is 1. The molecule has 2 aromatic heterocycles. The third kappa shape index (κ3) is 2.89. The van der Waals surface area contributed by atoms with Crippen molar-refractivity contribution in [2.45, 2.75) is 13.5 Å². The number of aromatic nitrogens is 1.